The number of amides is 2. The largest absolute Gasteiger partial charge is 0.338 e. The van der Waals surface area contributed by atoms with Crippen LogP contribution >= 0.6 is 0 Å². The molecule has 0 aliphatic carbocycles. The number of benzene rings is 2. The minimum atomic E-state index is -0.250. The van der Waals surface area contributed by atoms with Gasteiger partial charge in [-0.05, 0) is 37.0 Å². The van der Waals surface area contributed by atoms with E-state index in [2.05, 4.69) is 13.0 Å². The Hall–Kier alpha value is -2.62. The van der Waals surface area contributed by atoms with Crippen LogP contribution in [0.2, 0.25) is 0 Å². The average Bonchev–Trinajstić information content (AvgIpc) is 3.02. The lowest BCUT2D eigenvalue weighted by Gasteiger charge is -2.36. The Balaban J connectivity index is 1.51. The molecular formula is C22H24N2O2. The molecule has 2 heterocycles. The summed E-state index contributed by atoms with van der Waals surface area (Å²) < 4.78 is 0. The van der Waals surface area contributed by atoms with Gasteiger partial charge < -0.3 is 9.80 Å². The van der Waals surface area contributed by atoms with Gasteiger partial charge in [-0.25, -0.2) is 0 Å². The van der Waals surface area contributed by atoms with Crippen LogP contribution in [0.15, 0.2) is 54.6 Å². The van der Waals surface area contributed by atoms with Crippen molar-refractivity contribution in [3.05, 3.63) is 65.7 Å². The van der Waals surface area contributed by atoms with E-state index >= 15 is 0 Å². The first-order chi connectivity index (χ1) is 12.6. The number of anilines is 1. The minimum Gasteiger partial charge on any atom is -0.338 e. The van der Waals surface area contributed by atoms with Gasteiger partial charge in [0.05, 0.1) is 5.92 Å². The molecular weight excluding hydrogens is 324 g/mol. The third-order valence-electron chi connectivity index (χ3n) is 5.54. The van der Waals surface area contributed by atoms with Gasteiger partial charge in [-0.15, -0.1) is 0 Å². The number of carbonyl (C=O) groups is 2. The SMILES string of the molecule is CC1CCc2ccccc2N1C(=O)C1CC(=O)N(Cc2ccccc2)C1. The molecule has 0 bridgehead atoms. The molecule has 2 aromatic rings. The van der Waals surface area contributed by atoms with Crippen LogP contribution in [0.1, 0.15) is 30.9 Å². The maximum atomic E-state index is 13.3. The summed E-state index contributed by atoms with van der Waals surface area (Å²) in [6.07, 6.45) is 2.29. The normalized spacial score (nSPS) is 22.4. The molecule has 26 heavy (non-hydrogen) atoms. The molecule has 1 saturated heterocycles. The van der Waals surface area contributed by atoms with Gasteiger partial charge in [-0.1, -0.05) is 48.5 Å². The fourth-order valence-electron chi connectivity index (χ4n) is 4.12. The van der Waals surface area contributed by atoms with E-state index in [1.54, 1.807) is 0 Å². The van der Waals surface area contributed by atoms with Crippen molar-refractivity contribution in [1.82, 2.24) is 4.90 Å². The van der Waals surface area contributed by atoms with Gasteiger partial charge in [-0.3, -0.25) is 9.59 Å². The number of para-hydroxylation sites is 1. The van der Waals surface area contributed by atoms with Crippen LogP contribution in [0.4, 0.5) is 5.69 Å². The third-order valence-corrected chi connectivity index (χ3v) is 5.54. The van der Waals surface area contributed by atoms with Gasteiger partial charge in [0.1, 0.15) is 0 Å². The number of hydrogen-bond acceptors (Lipinski definition) is 2. The summed E-state index contributed by atoms with van der Waals surface area (Å²) in [7, 11) is 0. The second-order valence-electron chi connectivity index (χ2n) is 7.39. The predicted octanol–water partition coefficient (Wildman–Crippen LogP) is 3.40. The van der Waals surface area contributed by atoms with Gasteiger partial charge in [0, 0.05) is 31.2 Å². The number of fused-ring (bicyclic) bond motifs is 1. The molecule has 0 radical (unpaired) electrons. The molecule has 2 aliphatic heterocycles. The molecule has 4 heteroatoms. The van der Waals surface area contributed by atoms with Crippen LogP contribution in [0.5, 0.6) is 0 Å². The van der Waals surface area contributed by atoms with E-state index in [9.17, 15) is 9.59 Å². The fraction of sp³-hybridized carbons (Fsp3) is 0.364. The van der Waals surface area contributed by atoms with Gasteiger partial charge in [0.15, 0.2) is 0 Å². The molecule has 2 amide bonds. The van der Waals surface area contributed by atoms with Crippen molar-refractivity contribution in [3.63, 3.8) is 0 Å². The molecule has 0 aromatic heterocycles. The van der Waals surface area contributed by atoms with Crippen molar-refractivity contribution in [2.45, 2.75) is 38.8 Å². The van der Waals surface area contributed by atoms with E-state index in [4.69, 9.17) is 0 Å². The molecule has 0 spiro atoms. The van der Waals surface area contributed by atoms with Crippen LogP contribution in [-0.2, 0) is 22.6 Å². The Labute approximate surface area is 154 Å². The minimum absolute atomic E-state index is 0.0742. The number of carbonyl (C=O) groups excluding carboxylic acids is 2. The van der Waals surface area contributed by atoms with E-state index in [1.807, 2.05) is 58.3 Å². The fourth-order valence-corrected chi connectivity index (χ4v) is 4.12. The Morgan fingerprint density at radius 2 is 1.81 bits per heavy atom. The smallest absolute Gasteiger partial charge is 0.232 e. The van der Waals surface area contributed by atoms with Gasteiger partial charge >= 0.3 is 0 Å². The zero-order valence-electron chi connectivity index (χ0n) is 15.1. The van der Waals surface area contributed by atoms with Crippen molar-refractivity contribution in [1.29, 1.82) is 0 Å². The molecule has 134 valence electrons. The lowest BCUT2D eigenvalue weighted by Crippen LogP contribution is -2.45. The highest BCUT2D eigenvalue weighted by Gasteiger charge is 2.39. The maximum absolute atomic E-state index is 13.3. The van der Waals surface area contributed by atoms with Crippen molar-refractivity contribution >= 4 is 17.5 Å². The highest BCUT2D eigenvalue weighted by Crippen LogP contribution is 2.33. The van der Waals surface area contributed by atoms with Crippen molar-refractivity contribution in [2.75, 3.05) is 11.4 Å². The van der Waals surface area contributed by atoms with Crippen molar-refractivity contribution < 1.29 is 9.59 Å². The Morgan fingerprint density at radius 1 is 1.08 bits per heavy atom. The van der Waals surface area contributed by atoms with Crippen LogP contribution < -0.4 is 4.90 Å². The highest BCUT2D eigenvalue weighted by atomic mass is 16.2. The zero-order valence-corrected chi connectivity index (χ0v) is 15.1. The quantitative estimate of drug-likeness (QED) is 0.853. The third kappa shape index (κ3) is 3.12. The Morgan fingerprint density at radius 3 is 2.62 bits per heavy atom. The summed E-state index contributed by atoms with van der Waals surface area (Å²) in [4.78, 5) is 29.5. The molecule has 2 aliphatic rings. The topological polar surface area (TPSA) is 40.6 Å². The second-order valence-corrected chi connectivity index (χ2v) is 7.39. The zero-order chi connectivity index (χ0) is 18.1. The summed E-state index contributed by atoms with van der Waals surface area (Å²) in [6.45, 7) is 3.19. The van der Waals surface area contributed by atoms with E-state index in [0.29, 0.717) is 19.5 Å². The first-order valence-electron chi connectivity index (χ1n) is 9.36. The van der Waals surface area contributed by atoms with E-state index in [1.165, 1.54) is 5.56 Å². The summed E-state index contributed by atoms with van der Waals surface area (Å²) in [5.41, 5.74) is 3.35. The standard InChI is InChI=1S/C22H24N2O2/c1-16-11-12-18-9-5-6-10-20(18)24(16)22(26)19-13-21(25)23(15-19)14-17-7-3-2-4-8-17/h2-10,16,19H,11-15H2,1H3. The van der Waals surface area contributed by atoms with E-state index in [0.717, 1.165) is 24.1 Å². The van der Waals surface area contributed by atoms with Crippen molar-refractivity contribution in [3.8, 4) is 0 Å². The highest BCUT2D eigenvalue weighted by molar-refractivity contribution is 6.00. The number of nitrogens with zero attached hydrogens (tertiary/aromatic N) is 2. The number of likely N-dealkylation sites (tertiary alicyclic amines) is 1. The first kappa shape index (κ1) is 16.8. The van der Waals surface area contributed by atoms with Crippen LogP contribution in [0.3, 0.4) is 0 Å². The molecule has 2 aromatic carbocycles. The monoisotopic (exact) mass is 348 g/mol. The number of rotatable bonds is 3. The molecule has 1 fully saturated rings. The van der Waals surface area contributed by atoms with Crippen LogP contribution in [-0.4, -0.2) is 29.3 Å². The molecule has 4 nitrogen and oxygen atoms in total. The lowest BCUT2D eigenvalue weighted by atomic mass is 9.94. The van der Waals surface area contributed by atoms with Crippen LogP contribution in [0, 0.1) is 5.92 Å². The molecule has 0 N–H and O–H groups in total. The molecule has 2 unspecified atom stereocenters. The number of hydrogen-bond donors (Lipinski definition) is 0. The molecule has 2 atom stereocenters. The van der Waals surface area contributed by atoms with Gasteiger partial charge in [0.25, 0.3) is 0 Å². The number of aryl methyl sites for hydroxylation is 1. The van der Waals surface area contributed by atoms with E-state index in [-0.39, 0.29) is 23.8 Å². The average molecular weight is 348 g/mol. The molecule has 4 rings (SSSR count). The van der Waals surface area contributed by atoms with Gasteiger partial charge in [-0.2, -0.15) is 0 Å². The Bertz CT molecular complexity index is 818. The maximum Gasteiger partial charge on any atom is 0.232 e. The van der Waals surface area contributed by atoms with Crippen molar-refractivity contribution in [2.24, 2.45) is 5.92 Å². The summed E-state index contributed by atoms with van der Waals surface area (Å²) >= 11 is 0. The lowest BCUT2D eigenvalue weighted by molar-refractivity contribution is -0.129. The Kier molecular flexibility index (Phi) is 4.49. The van der Waals surface area contributed by atoms with E-state index < -0.39 is 0 Å². The molecule has 0 saturated carbocycles. The first-order valence-corrected chi connectivity index (χ1v) is 9.36. The summed E-state index contributed by atoms with van der Waals surface area (Å²) in [5, 5.41) is 0. The van der Waals surface area contributed by atoms with Crippen LogP contribution in [0.25, 0.3) is 0 Å². The summed E-state index contributed by atoms with van der Waals surface area (Å²) in [5.74, 6) is -0.0847. The summed E-state index contributed by atoms with van der Waals surface area (Å²) in [6, 6.07) is 18.3. The predicted molar refractivity (Wildman–Crippen MR) is 102 cm³/mol. The second kappa shape index (κ2) is 6.94. The van der Waals surface area contributed by atoms with Gasteiger partial charge in [0.2, 0.25) is 11.8 Å².